The van der Waals surface area contributed by atoms with Gasteiger partial charge >= 0.3 is 0 Å². The van der Waals surface area contributed by atoms with Crippen LogP contribution in [0.5, 0.6) is 5.75 Å². The van der Waals surface area contributed by atoms with Crippen LogP contribution in [0.1, 0.15) is 19.8 Å². The van der Waals surface area contributed by atoms with Crippen molar-refractivity contribution in [2.24, 2.45) is 0 Å². The van der Waals surface area contributed by atoms with Gasteiger partial charge in [-0.05, 0) is 29.7 Å². The van der Waals surface area contributed by atoms with Crippen LogP contribution in [0.25, 0.3) is 11.1 Å². The van der Waals surface area contributed by atoms with Crippen LogP contribution in [0, 0.1) is 6.61 Å². The van der Waals surface area contributed by atoms with E-state index in [-0.39, 0.29) is 0 Å². The highest BCUT2D eigenvalue weighted by molar-refractivity contribution is 5.64. The van der Waals surface area contributed by atoms with Crippen molar-refractivity contribution < 1.29 is 4.74 Å². The Balaban J connectivity index is 2.12. The number of hydrogen-bond donors (Lipinski definition) is 0. The van der Waals surface area contributed by atoms with Gasteiger partial charge in [-0.1, -0.05) is 55.8 Å². The van der Waals surface area contributed by atoms with Gasteiger partial charge in [-0.25, -0.2) is 0 Å². The second kappa shape index (κ2) is 6.09. The summed E-state index contributed by atoms with van der Waals surface area (Å²) in [5, 5.41) is 0. The summed E-state index contributed by atoms with van der Waals surface area (Å²) in [7, 11) is 0. The summed E-state index contributed by atoms with van der Waals surface area (Å²) in [6.07, 6.45) is 2.09. The van der Waals surface area contributed by atoms with Crippen LogP contribution in [0.2, 0.25) is 0 Å². The van der Waals surface area contributed by atoms with E-state index in [0.717, 1.165) is 18.6 Å². The third-order valence-corrected chi connectivity index (χ3v) is 2.57. The molecular formula is C16H17O. The third-order valence-electron chi connectivity index (χ3n) is 2.57. The average molecular weight is 225 g/mol. The molecule has 1 nitrogen and oxygen atoms in total. The summed E-state index contributed by atoms with van der Waals surface area (Å²) in [6.45, 7) is 4.00. The lowest BCUT2D eigenvalue weighted by atomic mass is 10.1. The maximum atomic E-state index is 5.58. The van der Waals surface area contributed by atoms with Crippen molar-refractivity contribution in [1.82, 2.24) is 0 Å². The first kappa shape index (κ1) is 11.7. The molecule has 1 heteroatoms. The van der Waals surface area contributed by atoms with Crippen LogP contribution in [-0.4, -0.2) is 0 Å². The Morgan fingerprint density at radius 1 is 0.941 bits per heavy atom. The third kappa shape index (κ3) is 3.35. The minimum absolute atomic E-state index is 0.903. The summed E-state index contributed by atoms with van der Waals surface area (Å²) in [4.78, 5) is 0. The first-order valence-electron chi connectivity index (χ1n) is 6.04. The molecule has 0 amide bonds. The highest BCUT2D eigenvalue weighted by Gasteiger charge is 1.99. The van der Waals surface area contributed by atoms with E-state index < -0.39 is 0 Å². The number of benzene rings is 2. The number of hydrogen-bond acceptors (Lipinski definition) is 1. The molecule has 0 atom stereocenters. The van der Waals surface area contributed by atoms with E-state index in [1.807, 2.05) is 36.9 Å². The van der Waals surface area contributed by atoms with Gasteiger partial charge in [0, 0.05) is 0 Å². The zero-order chi connectivity index (χ0) is 11.9. The van der Waals surface area contributed by atoms with Gasteiger partial charge in [0.15, 0.2) is 0 Å². The minimum atomic E-state index is 0.903. The molecule has 0 spiro atoms. The average Bonchev–Trinajstić information content (AvgIpc) is 2.41. The molecule has 0 N–H and O–H groups in total. The van der Waals surface area contributed by atoms with Crippen molar-refractivity contribution in [2.45, 2.75) is 19.8 Å². The second-order valence-electron chi connectivity index (χ2n) is 3.97. The highest BCUT2D eigenvalue weighted by atomic mass is 16.5. The fourth-order valence-corrected chi connectivity index (χ4v) is 1.65. The van der Waals surface area contributed by atoms with Crippen molar-refractivity contribution in [3.63, 3.8) is 0 Å². The van der Waals surface area contributed by atoms with Crippen molar-refractivity contribution in [3.8, 4) is 16.9 Å². The first-order chi connectivity index (χ1) is 8.40. The molecule has 2 aromatic carbocycles. The normalized spacial score (nSPS) is 10.2. The van der Waals surface area contributed by atoms with E-state index in [0.29, 0.717) is 0 Å². The topological polar surface area (TPSA) is 9.23 Å². The van der Waals surface area contributed by atoms with E-state index in [1.54, 1.807) is 0 Å². The predicted molar refractivity (Wildman–Crippen MR) is 71.7 cm³/mol. The molecule has 0 aliphatic carbocycles. The Hall–Kier alpha value is -1.76. The monoisotopic (exact) mass is 225 g/mol. The van der Waals surface area contributed by atoms with Crippen LogP contribution >= 0.6 is 0 Å². The summed E-state index contributed by atoms with van der Waals surface area (Å²) in [6, 6.07) is 18.5. The van der Waals surface area contributed by atoms with Gasteiger partial charge in [0.05, 0.1) is 0 Å². The molecule has 0 unspecified atom stereocenters. The van der Waals surface area contributed by atoms with Gasteiger partial charge in [0.25, 0.3) is 0 Å². The Morgan fingerprint density at radius 2 is 1.71 bits per heavy atom. The molecule has 0 fully saturated rings. The molecule has 0 saturated heterocycles. The predicted octanol–water partition coefficient (Wildman–Crippen LogP) is 4.69. The Bertz CT molecular complexity index is 448. The largest absolute Gasteiger partial charge is 0.487 e. The molecule has 17 heavy (non-hydrogen) atoms. The van der Waals surface area contributed by atoms with Gasteiger partial charge in [0.1, 0.15) is 12.4 Å². The van der Waals surface area contributed by atoms with E-state index >= 15 is 0 Å². The fraction of sp³-hybridized carbons (Fsp3) is 0.188. The van der Waals surface area contributed by atoms with Crippen molar-refractivity contribution >= 4 is 0 Å². The van der Waals surface area contributed by atoms with Gasteiger partial charge in [0.2, 0.25) is 0 Å². The molecule has 0 aliphatic heterocycles. The highest BCUT2D eigenvalue weighted by Crippen LogP contribution is 2.24. The molecule has 0 heterocycles. The van der Waals surface area contributed by atoms with Gasteiger partial charge in [-0.2, -0.15) is 0 Å². The molecular weight excluding hydrogens is 208 g/mol. The summed E-state index contributed by atoms with van der Waals surface area (Å²) in [5.74, 6) is 0.903. The lowest BCUT2D eigenvalue weighted by Crippen LogP contribution is -1.89. The quantitative estimate of drug-likeness (QED) is 0.670. The van der Waals surface area contributed by atoms with Crippen LogP contribution in [0.4, 0.5) is 0 Å². The van der Waals surface area contributed by atoms with Crippen LogP contribution in [0.3, 0.4) is 0 Å². The molecule has 2 aromatic rings. The fourth-order valence-electron chi connectivity index (χ4n) is 1.65. The van der Waals surface area contributed by atoms with Crippen LogP contribution in [-0.2, 0) is 0 Å². The summed E-state index contributed by atoms with van der Waals surface area (Å²) in [5.41, 5.74) is 2.40. The second-order valence-corrected chi connectivity index (χ2v) is 3.97. The Labute approximate surface area is 103 Å². The number of unbranched alkanes of at least 4 members (excludes halogenated alkanes) is 1. The van der Waals surface area contributed by atoms with E-state index in [9.17, 15) is 0 Å². The van der Waals surface area contributed by atoms with Gasteiger partial charge < -0.3 is 4.74 Å². The van der Waals surface area contributed by atoms with Gasteiger partial charge in [-0.3, -0.25) is 0 Å². The smallest absolute Gasteiger partial charge is 0.135 e. The van der Waals surface area contributed by atoms with E-state index in [2.05, 4.69) is 31.2 Å². The molecule has 87 valence electrons. The lowest BCUT2D eigenvalue weighted by molar-refractivity contribution is 0.389. The maximum Gasteiger partial charge on any atom is 0.135 e. The van der Waals surface area contributed by atoms with Gasteiger partial charge in [-0.15, -0.1) is 0 Å². The summed E-state index contributed by atoms with van der Waals surface area (Å²) >= 11 is 0. The Kier molecular flexibility index (Phi) is 4.20. The van der Waals surface area contributed by atoms with E-state index in [4.69, 9.17) is 4.74 Å². The van der Waals surface area contributed by atoms with E-state index in [1.165, 1.54) is 11.1 Å². The molecule has 0 bridgehead atoms. The van der Waals surface area contributed by atoms with Crippen LogP contribution in [0.15, 0.2) is 54.6 Å². The number of rotatable bonds is 5. The maximum absolute atomic E-state index is 5.58. The Morgan fingerprint density at radius 3 is 2.47 bits per heavy atom. The molecule has 1 radical (unpaired) electrons. The summed E-state index contributed by atoms with van der Waals surface area (Å²) < 4.78 is 5.58. The zero-order valence-electron chi connectivity index (χ0n) is 10.1. The van der Waals surface area contributed by atoms with Crippen LogP contribution < -0.4 is 4.74 Å². The standard InChI is InChI=1S/C16H17O/c1-2-3-12-17-16-11-7-10-15(13-16)14-8-5-4-6-9-14/h4-13H,2-3H2,1H3. The number of ether oxygens (including phenoxy) is 1. The zero-order valence-corrected chi connectivity index (χ0v) is 10.1. The molecule has 2 rings (SSSR count). The van der Waals surface area contributed by atoms with Crippen molar-refractivity contribution in [1.29, 1.82) is 0 Å². The SMILES string of the molecule is CCC[CH]Oc1cccc(-c2ccccc2)c1. The molecule has 0 aliphatic rings. The lowest BCUT2D eigenvalue weighted by Gasteiger charge is -2.07. The molecule has 0 saturated carbocycles. The molecule has 0 aromatic heterocycles. The first-order valence-corrected chi connectivity index (χ1v) is 6.04. The minimum Gasteiger partial charge on any atom is -0.487 e. The van der Waals surface area contributed by atoms with Crippen molar-refractivity contribution in [3.05, 3.63) is 61.2 Å². The van der Waals surface area contributed by atoms with Crippen molar-refractivity contribution in [2.75, 3.05) is 0 Å².